The van der Waals surface area contributed by atoms with Crippen LogP contribution in [0, 0.1) is 20.8 Å². The predicted octanol–water partition coefficient (Wildman–Crippen LogP) is 6.50. The van der Waals surface area contributed by atoms with E-state index in [-0.39, 0.29) is 0 Å². The van der Waals surface area contributed by atoms with Crippen molar-refractivity contribution in [3.8, 4) is 0 Å². The van der Waals surface area contributed by atoms with E-state index >= 15 is 0 Å². The molecule has 0 amide bonds. The van der Waals surface area contributed by atoms with Gasteiger partial charge in [-0.3, -0.25) is 0 Å². The van der Waals surface area contributed by atoms with Crippen LogP contribution in [0.1, 0.15) is 48.4 Å². The quantitative estimate of drug-likeness (QED) is 0.549. The van der Waals surface area contributed by atoms with Gasteiger partial charge < -0.3 is 0 Å². The molecule has 0 heterocycles. The van der Waals surface area contributed by atoms with Crippen LogP contribution in [0.4, 0.5) is 0 Å². The van der Waals surface area contributed by atoms with Crippen molar-refractivity contribution in [1.82, 2.24) is 0 Å². The van der Waals surface area contributed by atoms with Crippen molar-refractivity contribution < 1.29 is 0 Å². The summed E-state index contributed by atoms with van der Waals surface area (Å²) in [6.07, 6.45) is 5.14. The fourth-order valence-corrected chi connectivity index (χ4v) is 3.70. The molecule has 0 aromatic heterocycles. The second-order valence-corrected chi connectivity index (χ2v) is 7.01. The summed E-state index contributed by atoms with van der Waals surface area (Å²) in [6, 6.07) is 13.7. The molecule has 0 aliphatic rings. The lowest BCUT2D eigenvalue weighted by atomic mass is 10.1. The summed E-state index contributed by atoms with van der Waals surface area (Å²) >= 11 is 1.89. The van der Waals surface area contributed by atoms with Gasteiger partial charge in [0.25, 0.3) is 0 Å². The third kappa shape index (κ3) is 4.64. The Morgan fingerprint density at radius 2 is 1.48 bits per heavy atom. The van der Waals surface area contributed by atoms with Crippen LogP contribution in [-0.2, 0) is 6.42 Å². The molecular formula is C20H26S. The third-order valence-electron chi connectivity index (χ3n) is 3.82. The number of aryl methyl sites for hydroxylation is 4. The first-order chi connectivity index (χ1) is 10.1. The van der Waals surface area contributed by atoms with Crippen molar-refractivity contribution in [2.75, 3.05) is 0 Å². The summed E-state index contributed by atoms with van der Waals surface area (Å²) in [5.41, 5.74) is 5.57. The van der Waals surface area contributed by atoms with Gasteiger partial charge in [0.1, 0.15) is 0 Å². The summed E-state index contributed by atoms with van der Waals surface area (Å²) in [4.78, 5) is 2.74. The summed E-state index contributed by atoms with van der Waals surface area (Å²) in [5, 5.41) is 0. The van der Waals surface area contributed by atoms with Gasteiger partial charge >= 0.3 is 0 Å². The van der Waals surface area contributed by atoms with Gasteiger partial charge in [-0.25, -0.2) is 0 Å². The molecule has 2 rings (SSSR count). The monoisotopic (exact) mass is 298 g/mol. The molecule has 2 aromatic carbocycles. The second kappa shape index (κ2) is 7.70. The summed E-state index contributed by atoms with van der Waals surface area (Å²) in [5.74, 6) is 0. The summed E-state index contributed by atoms with van der Waals surface area (Å²) < 4.78 is 0. The highest BCUT2D eigenvalue weighted by molar-refractivity contribution is 7.99. The Morgan fingerprint density at radius 1 is 0.857 bits per heavy atom. The topological polar surface area (TPSA) is 0 Å². The molecule has 0 N–H and O–H groups in total. The zero-order valence-corrected chi connectivity index (χ0v) is 14.5. The Labute approximate surface area is 134 Å². The van der Waals surface area contributed by atoms with Crippen LogP contribution < -0.4 is 0 Å². The van der Waals surface area contributed by atoms with Crippen molar-refractivity contribution in [3.05, 3.63) is 58.7 Å². The zero-order valence-electron chi connectivity index (χ0n) is 13.7. The van der Waals surface area contributed by atoms with E-state index in [2.05, 4.69) is 64.1 Å². The lowest BCUT2D eigenvalue weighted by Gasteiger charge is -2.11. The molecule has 0 spiro atoms. The fourth-order valence-electron chi connectivity index (χ4n) is 2.75. The van der Waals surface area contributed by atoms with E-state index in [0.717, 1.165) is 0 Å². The number of hydrogen-bond donors (Lipinski definition) is 0. The molecule has 0 aliphatic heterocycles. The standard InChI is InChI=1S/C20H26S/c1-5-6-7-8-18-9-11-19(12-10-18)21-20-16(3)13-15(2)14-17(20)4/h9-14H,5-8H2,1-4H3. The maximum absolute atomic E-state index is 2.29. The largest absolute Gasteiger partial charge is 0.0895 e. The van der Waals surface area contributed by atoms with Gasteiger partial charge in [-0.05, 0) is 62.4 Å². The van der Waals surface area contributed by atoms with Crippen LogP contribution in [0.3, 0.4) is 0 Å². The first kappa shape index (κ1) is 16.2. The van der Waals surface area contributed by atoms with E-state index in [9.17, 15) is 0 Å². The van der Waals surface area contributed by atoms with Gasteiger partial charge in [0.15, 0.2) is 0 Å². The van der Waals surface area contributed by atoms with Crippen LogP contribution >= 0.6 is 11.8 Å². The average Bonchev–Trinajstić information content (AvgIpc) is 2.44. The Kier molecular flexibility index (Phi) is 5.93. The molecule has 0 radical (unpaired) electrons. The molecule has 0 saturated heterocycles. The van der Waals surface area contributed by atoms with Crippen molar-refractivity contribution in [1.29, 1.82) is 0 Å². The average molecular weight is 298 g/mol. The van der Waals surface area contributed by atoms with E-state index in [4.69, 9.17) is 0 Å². The lowest BCUT2D eigenvalue weighted by Crippen LogP contribution is -1.88. The molecule has 0 nitrogen and oxygen atoms in total. The van der Waals surface area contributed by atoms with Gasteiger partial charge in [-0.15, -0.1) is 0 Å². The molecule has 21 heavy (non-hydrogen) atoms. The van der Waals surface area contributed by atoms with E-state index in [0.29, 0.717) is 0 Å². The molecule has 0 bridgehead atoms. The summed E-state index contributed by atoms with van der Waals surface area (Å²) in [6.45, 7) is 8.84. The molecular weight excluding hydrogens is 272 g/mol. The highest BCUT2D eigenvalue weighted by atomic mass is 32.2. The zero-order chi connectivity index (χ0) is 15.2. The molecule has 0 unspecified atom stereocenters. The Balaban J connectivity index is 2.07. The minimum Gasteiger partial charge on any atom is -0.0895 e. The lowest BCUT2D eigenvalue weighted by molar-refractivity contribution is 0.717. The minimum atomic E-state index is 1.21. The SMILES string of the molecule is CCCCCc1ccc(Sc2c(C)cc(C)cc2C)cc1. The number of rotatable bonds is 6. The molecule has 2 aromatic rings. The van der Waals surface area contributed by atoms with E-state index in [1.807, 2.05) is 11.8 Å². The molecule has 0 atom stereocenters. The molecule has 0 saturated carbocycles. The van der Waals surface area contributed by atoms with Crippen molar-refractivity contribution >= 4 is 11.8 Å². The van der Waals surface area contributed by atoms with E-state index in [1.54, 1.807) is 0 Å². The van der Waals surface area contributed by atoms with Gasteiger partial charge in [0.05, 0.1) is 0 Å². The number of benzene rings is 2. The van der Waals surface area contributed by atoms with Crippen LogP contribution in [0.25, 0.3) is 0 Å². The van der Waals surface area contributed by atoms with E-state index < -0.39 is 0 Å². The van der Waals surface area contributed by atoms with Crippen molar-refractivity contribution in [2.45, 2.75) is 63.2 Å². The normalized spacial score (nSPS) is 10.9. The van der Waals surface area contributed by atoms with Crippen LogP contribution in [0.15, 0.2) is 46.2 Å². The number of hydrogen-bond acceptors (Lipinski definition) is 1. The third-order valence-corrected chi connectivity index (χ3v) is 5.17. The van der Waals surface area contributed by atoms with Gasteiger partial charge in [-0.2, -0.15) is 0 Å². The first-order valence-electron chi connectivity index (χ1n) is 7.94. The van der Waals surface area contributed by atoms with Gasteiger partial charge in [0, 0.05) is 9.79 Å². The molecule has 1 heteroatoms. The Hall–Kier alpha value is -1.21. The Bertz CT molecular complexity index is 558. The first-order valence-corrected chi connectivity index (χ1v) is 8.76. The highest BCUT2D eigenvalue weighted by Gasteiger charge is 2.06. The van der Waals surface area contributed by atoms with E-state index in [1.165, 1.54) is 57.7 Å². The smallest absolute Gasteiger partial charge is 0.0181 e. The van der Waals surface area contributed by atoms with Crippen molar-refractivity contribution in [3.63, 3.8) is 0 Å². The molecule has 0 fully saturated rings. The maximum Gasteiger partial charge on any atom is 0.0181 e. The van der Waals surface area contributed by atoms with Crippen LogP contribution in [-0.4, -0.2) is 0 Å². The van der Waals surface area contributed by atoms with Crippen LogP contribution in [0.2, 0.25) is 0 Å². The van der Waals surface area contributed by atoms with Crippen LogP contribution in [0.5, 0.6) is 0 Å². The van der Waals surface area contributed by atoms with Gasteiger partial charge in [-0.1, -0.05) is 61.4 Å². The minimum absolute atomic E-state index is 1.21. The fraction of sp³-hybridized carbons (Fsp3) is 0.400. The highest BCUT2D eigenvalue weighted by Crippen LogP contribution is 2.33. The maximum atomic E-state index is 2.29. The van der Waals surface area contributed by atoms with Crippen molar-refractivity contribution in [2.24, 2.45) is 0 Å². The van der Waals surface area contributed by atoms with Gasteiger partial charge in [0.2, 0.25) is 0 Å². The predicted molar refractivity (Wildman–Crippen MR) is 94.4 cm³/mol. The number of unbranched alkanes of at least 4 members (excludes halogenated alkanes) is 2. The molecule has 0 aliphatic carbocycles. The molecule has 112 valence electrons. The Morgan fingerprint density at radius 3 is 2.05 bits per heavy atom. The summed E-state index contributed by atoms with van der Waals surface area (Å²) in [7, 11) is 0. The second-order valence-electron chi connectivity index (χ2n) is 5.93.